The van der Waals surface area contributed by atoms with Gasteiger partial charge >= 0.3 is 0 Å². The lowest BCUT2D eigenvalue weighted by molar-refractivity contribution is 0.0757. The smallest absolute Gasteiger partial charge is 0.275 e. The van der Waals surface area contributed by atoms with E-state index < -0.39 is 0 Å². The van der Waals surface area contributed by atoms with E-state index in [9.17, 15) is 9.59 Å². The number of rotatable bonds is 7. The summed E-state index contributed by atoms with van der Waals surface area (Å²) < 4.78 is 9.35. The van der Waals surface area contributed by atoms with E-state index in [1.807, 2.05) is 60.5 Å². The minimum absolute atomic E-state index is 0.00230. The first kappa shape index (κ1) is 21.6. The number of nitrogens with zero attached hydrogens (tertiary/aromatic N) is 2. The number of aryl methyl sites for hydroxylation is 1. The molecule has 4 rings (SSSR count). The maximum Gasteiger partial charge on any atom is 0.275 e. The summed E-state index contributed by atoms with van der Waals surface area (Å²) in [6.07, 6.45) is 8.20. The molecule has 0 atom stereocenters. The summed E-state index contributed by atoms with van der Waals surface area (Å²) >= 11 is 0. The van der Waals surface area contributed by atoms with Crippen molar-refractivity contribution < 1.29 is 9.53 Å². The van der Waals surface area contributed by atoms with Gasteiger partial charge in [-0.05, 0) is 39.2 Å². The summed E-state index contributed by atoms with van der Waals surface area (Å²) in [6, 6.07) is 8.09. The molecule has 1 aromatic carbocycles. The monoisotopic (exact) mass is 423 g/mol. The highest BCUT2D eigenvalue weighted by Gasteiger charge is 2.24. The summed E-state index contributed by atoms with van der Waals surface area (Å²) in [5.74, 6) is -0.129. The second-order valence-corrected chi connectivity index (χ2v) is 8.88. The minimum Gasteiger partial charge on any atom is -0.379 e. The zero-order chi connectivity index (χ0) is 22.0. The van der Waals surface area contributed by atoms with Crippen molar-refractivity contribution >= 4 is 27.7 Å². The molecule has 1 N–H and O–H groups in total. The number of para-hydroxylation sites is 1. The van der Waals surface area contributed by atoms with Crippen LogP contribution in [0.25, 0.3) is 21.8 Å². The van der Waals surface area contributed by atoms with Crippen molar-refractivity contribution in [1.82, 2.24) is 14.5 Å². The number of pyridine rings is 1. The van der Waals surface area contributed by atoms with Crippen LogP contribution in [-0.4, -0.2) is 34.3 Å². The van der Waals surface area contributed by atoms with Gasteiger partial charge in [-0.2, -0.15) is 0 Å². The molecule has 1 aliphatic rings. The molecule has 1 amide bonds. The molecule has 2 heterocycles. The van der Waals surface area contributed by atoms with Gasteiger partial charge in [-0.25, -0.2) is 0 Å². The summed E-state index contributed by atoms with van der Waals surface area (Å²) in [7, 11) is 1.92. The van der Waals surface area contributed by atoms with Gasteiger partial charge in [-0.15, -0.1) is 0 Å². The third-order valence-corrected chi connectivity index (χ3v) is 6.35. The van der Waals surface area contributed by atoms with E-state index in [1.54, 1.807) is 0 Å². The summed E-state index contributed by atoms with van der Waals surface area (Å²) in [4.78, 5) is 26.8. The fourth-order valence-corrected chi connectivity index (χ4v) is 4.79. The topological polar surface area (TPSA) is 65.3 Å². The third kappa shape index (κ3) is 4.26. The van der Waals surface area contributed by atoms with Crippen LogP contribution in [0.15, 0.2) is 35.3 Å². The lowest BCUT2D eigenvalue weighted by atomic mass is 9.95. The van der Waals surface area contributed by atoms with Gasteiger partial charge < -0.3 is 19.2 Å². The maximum atomic E-state index is 13.5. The van der Waals surface area contributed by atoms with Crippen LogP contribution >= 0.6 is 0 Å². The number of aromatic nitrogens is 2. The standard InChI is InChI=1S/C25H33N3O3/c1-17(2)31-15-9-14-26-24(29)20-16-28(18-10-5-4-6-11-18)25(30)23-22(20)19-12-7-8-13-21(19)27(23)3/h7-8,12-13,16-18H,4-6,9-11,14-15H2,1-3H3,(H,26,29). The normalized spacial score (nSPS) is 15.2. The highest BCUT2D eigenvalue weighted by molar-refractivity contribution is 6.17. The molecule has 166 valence electrons. The molecule has 6 heteroatoms. The van der Waals surface area contributed by atoms with E-state index in [0.29, 0.717) is 24.2 Å². The largest absolute Gasteiger partial charge is 0.379 e. The summed E-state index contributed by atoms with van der Waals surface area (Å²) in [5.41, 5.74) is 2.17. The molecule has 1 fully saturated rings. The van der Waals surface area contributed by atoms with Gasteiger partial charge in [-0.1, -0.05) is 37.5 Å². The van der Waals surface area contributed by atoms with Crippen molar-refractivity contribution in [3.8, 4) is 0 Å². The molecule has 1 saturated carbocycles. The predicted octanol–water partition coefficient (Wildman–Crippen LogP) is 4.54. The zero-order valence-electron chi connectivity index (χ0n) is 18.8. The first-order valence-corrected chi connectivity index (χ1v) is 11.5. The van der Waals surface area contributed by atoms with Crippen molar-refractivity contribution in [3.05, 3.63) is 46.4 Å². The molecule has 0 spiro atoms. The number of hydrogen-bond donors (Lipinski definition) is 1. The van der Waals surface area contributed by atoms with Crippen LogP contribution in [0.4, 0.5) is 0 Å². The second kappa shape index (κ2) is 9.27. The number of ether oxygens (including phenoxy) is 1. The van der Waals surface area contributed by atoms with E-state index in [0.717, 1.165) is 48.4 Å². The summed E-state index contributed by atoms with van der Waals surface area (Å²) in [6.45, 7) is 5.16. The van der Waals surface area contributed by atoms with E-state index in [-0.39, 0.29) is 23.6 Å². The first-order chi connectivity index (χ1) is 15.0. The Hall–Kier alpha value is -2.60. The maximum absolute atomic E-state index is 13.5. The highest BCUT2D eigenvalue weighted by Crippen LogP contribution is 2.32. The average Bonchev–Trinajstić information content (AvgIpc) is 3.07. The van der Waals surface area contributed by atoms with Crippen LogP contribution in [0.5, 0.6) is 0 Å². The average molecular weight is 424 g/mol. The van der Waals surface area contributed by atoms with Crippen molar-refractivity contribution in [2.45, 2.75) is 64.5 Å². The minimum atomic E-state index is -0.129. The number of carbonyl (C=O) groups is 1. The van der Waals surface area contributed by atoms with E-state index in [2.05, 4.69) is 5.32 Å². The Labute approximate surface area is 183 Å². The number of nitrogens with one attached hydrogen (secondary N) is 1. The third-order valence-electron chi connectivity index (χ3n) is 6.35. The number of carbonyl (C=O) groups excluding carboxylic acids is 1. The van der Waals surface area contributed by atoms with Crippen LogP contribution in [0, 0.1) is 0 Å². The lowest BCUT2D eigenvalue weighted by Crippen LogP contribution is -2.31. The van der Waals surface area contributed by atoms with Gasteiger partial charge in [0.1, 0.15) is 5.52 Å². The van der Waals surface area contributed by atoms with Gasteiger partial charge in [0, 0.05) is 48.7 Å². The van der Waals surface area contributed by atoms with Crippen LogP contribution in [0.2, 0.25) is 0 Å². The van der Waals surface area contributed by atoms with Gasteiger partial charge in [0.05, 0.1) is 11.7 Å². The van der Waals surface area contributed by atoms with Crippen molar-refractivity contribution in [2.75, 3.05) is 13.2 Å². The quantitative estimate of drug-likeness (QED) is 0.567. The fourth-order valence-electron chi connectivity index (χ4n) is 4.79. The molecule has 31 heavy (non-hydrogen) atoms. The number of benzene rings is 1. The van der Waals surface area contributed by atoms with Gasteiger partial charge in [-0.3, -0.25) is 9.59 Å². The predicted molar refractivity (Wildman–Crippen MR) is 125 cm³/mol. The molecular weight excluding hydrogens is 390 g/mol. The van der Waals surface area contributed by atoms with Crippen molar-refractivity contribution in [3.63, 3.8) is 0 Å². The molecule has 6 nitrogen and oxygen atoms in total. The SMILES string of the molecule is CC(C)OCCCNC(=O)c1cn(C2CCCCC2)c(=O)c2c1c1ccccc1n2C. The number of fused-ring (bicyclic) bond motifs is 3. The van der Waals surface area contributed by atoms with E-state index in [4.69, 9.17) is 4.74 Å². The molecule has 0 saturated heterocycles. The van der Waals surface area contributed by atoms with E-state index in [1.165, 1.54) is 6.42 Å². The lowest BCUT2D eigenvalue weighted by Gasteiger charge is -2.25. The second-order valence-electron chi connectivity index (χ2n) is 8.88. The molecule has 3 aromatic rings. The zero-order valence-corrected chi connectivity index (χ0v) is 18.8. The molecular formula is C25H33N3O3. The van der Waals surface area contributed by atoms with Gasteiger partial charge in [0.2, 0.25) is 0 Å². The van der Waals surface area contributed by atoms with Gasteiger partial charge in [0.25, 0.3) is 11.5 Å². The molecule has 1 aliphatic carbocycles. The van der Waals surface area contributed by atoms with E-state index >= 15 is 0 Å². The highest BCUT2D eigenvalue weighted by atomic mass is 16.5. The summed E-state index contributed by atoms with van der Waals surface area (Å²) in [5, 5.41) is 4.75. The van der Waals surface area contributed by atoms with Crippen LogP contribution in [0.1, 0.15) is 68.8 Å². The first-order valence-electron chi connectivity index (χ1n) is 11.5. The molecule has 0 radical (unpaired) electrons. The molecule has 0 aliphatic heterocycles. The Kier molecular flexibility index (Phi) is 6.46. The Balaban J connectivity index is 1.77. The fraction of sp³-hybridized carbons (Fsp3) is 0.520. The van der Waals surface area contributed by atoms with Crippen LogP contribution in [0.3, 0.4) is 0 Å². The molecule has 0 bridgehead atoms. The molecule has 2 aromatic heterocycles. The number of hydrogen-bond acceptors (Lipinski definition) is 3. The number of amides is 1. The Bertz CT molecular complexity index is 1140. The van der Waals surface area contributed by atoms with Crippen LogP contribution < -0.4 is 10.9 Å². The Morgan fingerprint density at radius 1 is 1.19 bits per heavy atom. The van der Waals surface area contributed by atoms with Crippen molar-refractivity contribution in [1.29, 1.82) is 0 Å². The van der Waals surface area contributed by atoms with Gasteiger partial charge in [0.15, 0.2) is 0 Å². The Morgan fingerprint density at radius 3 is 2.68 bits per heavy atom. The Morgan fingerprint density at radius 2 is 1.94 bits per heavy atom. The van der Waals surface area contributed by atoms with Crippen molar-refractivity contribution in [2.24, 2.45) is 7.05 Å². The molecule has 0 unspecified atom stereocenters. The van der Waals surface area contributed by atoms with Crippen LogP contribution in [-0.2, 0) is 11.8 Å².